The van der Waals surface area contributed by atoms with Gasteiger partial charge in [0.1, 0.15) is 11.3 Å². The standard InChI is InChI=1S/C15H15F3N2O2/c1-14(2,3)22-13(21)19-10-5-6-11-9(8-10)4-7-12(20-11)15(16,17)18/h4-8H,1-3H3,(H,19,21). The van der Waals surface area contributed by atoms with E-state index in [-0.39, 0.29) is 5.52 Å². The number of pyridine rings is 1. The Balaban J connectivity index is 2.23. The molecule has 2 rings (SSSR count). The molecule has 0 atom stereocenters. The van der Waals surface area contributed by atoms with Crippen molar-refractivity contribution >= 4 is 22.7 Å². The zero-order chi connectivity index (χ0) is 16.5. The number of fused-ring (bicyclic) bond motifs is 1. The van der Waals surface area contributed by atoms with Crippen LogP contribution in [0.15, 0.2) is 30.3 Å². The van der Waals surface area contributed by atoms with Crippen LogP contribution in [0, 0.1) is 0 Å². The number of rotatable bonds is 1. The molecule has 118 valence electrons. The molecule has 0 saturated heterocycles. The van der Waals surface area contributed by atoms with Crippen LogP contribution in [0.5, 0.6) is 0 Å². The molecule has 1 aromatic heterocycles. The van der Waals surface area contributed by atoms with Crippen LogP contribution in [0.4, 0.5) is 23.7 Å². The number of nitrogens with one attached hydrogen (secondary N) is 1. The summed E-state index contributed by atoms with van der Waals surface area (Å²) in [5.41, 5.74) is -0.967. The molecular formula is C15H15F3N2O2. The van der Waals surface area contributed by atoms with Gasteiger partial charge in [-0.05, 0) is 45.0 Å². The Morgan fingerprint density at radius 1 is 1.14 bits per heavy atom. The summed E-state index contributed by atoms with van der Waals surface area (Å²) in [6.07, 6.45) is -5.12. The molecule has 1 aromatic carbocycles. The highest BCUT2D eigenvalue weighted by Crippen LogP contribution is 2.29. The summed E-state index contributed by atoms with van der Waals surface area (Å²) < 4.78 is 42.9. The van der Waals surface area contributed by atoms with Gasteiger partial charge in [-0.15, -0.1) is 0 Å². The molecule has 2 aromatic rings. The van der Waals surface area contributed by atoms with Gasteiger partial charge in [0.25, 0.3) is 0 Å². The van der Waals surface area contributed by atoms with E-state index in [0.717, 1.165) is 6.07 Å². The highest BCUT2D eigenvalue weighted by molar-refractivity contribution is 5.90. The summed E-state index contributed by atoms with van der Waals surface area (Å²) in [7, 11) is 0. The molecule has 0 aliphatic rings. The van der Waals surface area contributed by atoms with Gasteiger partial charge in [-0.3, -0.25) is 5.32 Å². The molecule has 1 heterocycles. The molecule has 22 heavy (non-hydrogen) atoms. The van der Waals surface area contributed by atoms with Gasteiger partial charge in [-0.25, -0.2) is 9.78 Å². The normalized spacial score (nSPS) is 12.3. The zero-order valence-corrected chi connectivity index (χ0v) is 12.3. The number of carbonyl (C=O) groups excluding carboxylic acids is 1. The van der Waals surface area contributed by atoms with E-state index in [1.807, 2.05) is 0 Å². The topological polar surface area (TPSA) is 51.2 Å². The number of alkyl halides is 3. The summed E-state index contributed by atoms with van der Waals surface area (Å²) in [6.45, 7) is 5.20. The first-order valence-electron chi connectivity index (χ1n) is 6.53. The lowest BCUT2D eigenvalue weighted by Gasteiger charge is -2.19. The fourth-order valence-corrected chi connectivity index (χ4v) is 1.78. The van der Waals surface area contributed by atoms with E-state index in [1.165, 1.54) is 24.3 Å². The molecule has 0 spiro atoms. The fourth-order valence-electron chi connectivity index (χ4n) is 1.78. The number of halogens is 3. The Morgan fingerprint density at radius 2 is 1.82 bits per heavy atom. The third-order valence-electron chi connectivity index (χ3n) is 2.62. The number of benzene rings is 1. The molecule has 0 aliphatic carbocycles. The van der Waals surface area contributed by atoms with Gasteiger partial charge in [0.05, 0.1) is 5.52 Å². The van der Waals surface area contributed by atoms with Crippen molar-refractivity contribution in [3.05, 3.63) is 36.0 Å². The van der Waals surface area contributed by atoms with Crippen molar-refractivity contribution in [1.29, 1.82) is 0 Å². The lowest BCUT2D eigenvalue weighted by molar-refractivity contribution is -0.140. The molecule has 0 unspecified atom stereocenters. The minimum Gasteiger partial charge on any atom is -0.444 e. The Bertz CT molecular complexity index is 706. The smallest absolute Gasteiger partial charge is 0.433 e. The van der Waals surface area contributed by atoms with Gasteiger partial charge in [-0.2, -0.15) is 13.2 Å². The molecule has 4 nitrogen and oxygen atoms in total. The molecule has 0 saturated carbocycles. The van der Waals surface area contributed by atoms with E-state index in [2.05, 4.69) is 10.3 Å². The Hall–Kier alpha value is -2.31. The van der Waals surface area contributed by atoms with Crippen LogP contribution in [0.2, 0.25) is 0 Å². The lowest BCUT2D eigenvalue weighted by atomic mass is 10.2. The maximum Gasteiger partial charge on any atom is 0.433 e. The second kappa shape index (κ2) is 5.47. The second-order valence-corrected chi connectivity index (χ2v) is 5.73. The first-order valence-corrected chi connectivity index (χ1v) is 6.53. The van der Waals surface area contributed by atoms with E-state index < -0.39 is 23.6 Å². The van der Waals surface area contributed by atoms with Crippen molar-refractivity contribution in [1.82, 2.24) is 4.98 Å². The Morgan fingerprint density at radius 3 is 2.41 bits per heavy atom. The Labute approximate surface area is 125 Å². The van der Waals surface area contributed by atoms with Crippen LogP contribution >= 0.6 is 0 Å². The Kier molecular flexibility index (Phi) is 4.00. The number of carbonyl (C=O) groups is 1. The number of nitrogens with zero attached hydrogens (tertiary/aromatic N) is 1. The molecule has 7 heteroatoms. The van der Waals surface area contributed by atoms with Crippen molar-refractivity contribution in [2.75, 3.05) is 5.32 Å². The van der Waals surface area contributed by atoms with Crippen molar-refractivity contribution in [2.24, 2.45) is 0 Å². The predicted molar refractivity (Wildman–Crippen MR) is 76.6 cm³/mol. The van der Waals surface area contributed by atoms with Crippen LogP contribution in [0.1, 0.15) is 26.5 Å². The monoisotopic (exact) mass is 312 g/mol. The van der Waals surface area contributed by atoms with E-state index in [9.17, 15) is 18.0 Å². The lowest BCUT2D eigenvalue weighted by Crippen LogP contribution is -2.27. The van der Waals surface area contributed by atoms with Crippen molar-refractivity contribution in [3.8, 4) is 0 Å². The highest BCUT2D eigenvalue weighted by Gasteiger charge is 2.32. The molecule has 0 bridgehead atoms. The summed E-state index contributed by atoms with van der Waals surface area (Å²) >= 11 is 0. The van der Waals surface area contributed by atoms with Crippen molar-refractivity contribution < 1.29 is 22.7 Å². The fraction of sp³-hybridized carbons (Fsp3) is 0.333. The summed E-state index contributed by atoms with van der Waals surface area (Å²) in [4.78, 5) is 15.2. The van der Waals surface area contributed by atoms with Crippen LogP contribution in [-0.4, -0.2) is 16.7 Å². The average Bonchev–Trinajstić information content (AvgIpc) is 2.34. The number of amides is 1. The van der Waals surface area contributed by atoms with Gasteiger partial charge in [0.15, 0.2) is 0 Å². The van der Waals surface area contributed by atoms with E-state index in [4.69, 9.17) is 4.74 Å². The predicted octanol–water partition coefficient (Wildman–Crippen LogP) is 4.60. The average molecular weight is 312 g/mol. The maximum absolute atomic E-state index is 12.6. The first kappa shape index (κ1) is 16.1. The molecule has 1 N–H and O–H groups in total. The first-order chi connectivity index (χ1) is 10.0. The van der Waals surface area contributed by atoms with Gasteiger partial charge in [0, 0.05) is 11.1 Å². The van der Waals surface area contributed by atoms with Crippen LogP contribution < -0.4 is 5.32 Å². The third kappa shape index (κ3) is 4.09. The summed E-state index contributed by atoms with van der Waals surface area (Å²) in [5.74, 6) is 0. The minimum atomic E-state index is -4.48. The van der Waals surface area contributed by atoms with Crippen LogP contribution in [0.3, 0.4) is 0 Å². The quantitative estimate of drug-likeness (QED) is 0.837. The molecule has 0 radical (unpaired) electrons. The van der Waals surface area contributed by atoms with Crippen LogP contribution in [0.25, 0.3) is 10.9 Å². The third-order valence-corrected chi connectivity index (χ3v) is 2.62. The van der Waals surface area contributed by atoms with Crippen LogP contribution in [-0.2, 0) is 10.9 Å². The number of aromatic nitrogens is 1. The summed E-state index contributed by atoms with van der Waals surface area (Å²) in [5, 5.41) is 3.01. The number of hydrogen-bond donors (Lipinski definition) is 1. The molecular weight excluding hydrogens is 297 g/mol. The van der Waals surface area contributed by atoms with Crippen molar-refractivity contribution in [2.45, 2.75) is 32.5 Å². The van der Waals surface area contributed by atoms with E-state index in [0.29, 0.717) is 11.1 Å². The molecule has 1 amide bonds. The van der Waals surface area contributed by atoms with E-state index >= 15 is 0 Å². The second-order valence-electron chi connectivity index (χ2n) is 5.73. The number of ether oxygens (including phenoxy) is 1. The largest absolute Gasteiger partial charge is 0.444 e. The SMILES string of the molecule is CC(C)(C)OC(=O)Nc1ccc2nc(C(F)(F)F)ccc2c1. The minimum absolute atomic E-state index is 0.199. The van der Waals surface area contributed by atoms with Gasteiger partial charge in [-0.1, -0.05) is 6.07 Å². The van der Waals surface area contributed by atoms with Gasteiger partial charge in [0.2, 0.25) is 0 Å². The van der Waals surface area contributed by atoms with Crippen molar-refractivity contribution in [3.63, 3.8) is 0 Å². The van der Waals surface area contributed by atoms with Gasteiger partial charge >= 0.3 is 12.3 Å². The van der Waals surface area contributed by atoms with Gasteiger partial charge < -0.3 is 4.74 Å². The van der Waals surface area contributed by atoms with E-state index in [1.54, 1.807) is 20.8 Å². The number of anilines is 1. The zero-order valence-electron chi connectivity index (χ0n) is 12.3. The summed E-state index contributed by atoms with van der Waals surface area (Å²) in [6, 6.07) is 6.63. The molecule has 0 aliphatic heterocycles. The highest BCUT2D eigenvalue weighted by atomic mass is 19.4. The molecule has 0 fully saturated rings. The maximum atomic E-state index is 12.6. The number of hydrogen-bond acceptors (Lipinski definition) is 3.